The minimum atomic E-state index is -1.91. The molecule has 0 spiro atoms. The fraction of sp³-hybridized carbons (Fsp3) is 0.0909. The van der Waals surface area contributed by atoms with Gasteiger partial charge < -0.3 is 14.6 Å². The maximum absolute atomic E-state index is 13.2. The van der Waals surface area contributed by atoms with Gasteiger partial charge in [-0.25, -0.2) is 5.43 Å². The molecule has 6 heteroatoms. The molecule has 0 aromatic heterocycles. The highest BCUT2D eigenvalue weighted by Gasteiger charge is 2.39. The van der Waals surface area contributed by atoms with Crippen LogP contribution in [0.4, 0.5) is 0 Å². The van der Waals surface area contributed by atoms with E-state index in [1.165, 1.54) is 6.21 Å². The monoisotopic (exact) mass is 516 g/mol. The lowest BCUT2D eigenvalue weighted by molar-refractivity contribution is -0.136. The molecule has 5 aromatic carbocycles. The van der Waals surface area contributed by atoms with Crippen molar-refractivity contribution in [2.24, 2.45) is 5.10 Å². The molecule has 5 rings (SSSR count). The van der Waals surface area contributed by atoms with Crippen molar-refractivity contribution in [3.05, 3.63) is 144 Å². The van der Waals surface area contributed by atoms with Crippen LogP contribution in [0, 0.1) is 0 Å². The zero-order valence-electron chi connectivity index (χ0n) is 21.5. The smallest absolute Gasteiger partial charge is 0.281 e. The van der Waals surface area contributed by atoms with Crippen LogP contribution in [0.2, 0.25) is 0 Å². The summed E-state index contributed by atoms with van der Waals surface area (Å²) in [6, 6.07) is 37.3. The number of benzene rings is 5. The van der Waals surface area contributed by atoms with Crippen LogP contribution in [0.25, 0.3) is 10.8 Å². The number of hydrogen-bond acceptors (Lipinski definition) is 5. The summed E-state index contributed by atoms with van der Waals surface area (Å²) in [6.07, 6.45) is 1.49. The molecule has 0 atom stereocenters. The predicted octanol–water partition coefficient (Wildman–Crippen LogP) is 5.81. The fourth-order valence-corrected chi connectivity index (χ4v) is 4.49. The molecule has 2 N–H and O–H groups in total. The second-order valence-electron chi connectivity index (χ2n) is 8.98. The topological polar surface area (TPSA) is 80.2 Å². The zero-order valence-corrected chi connectivity index (χ0v) is 21.5. The van der Waals surface area contributed by atoms with E-state index < -0.39 is 11.5 Å². The minimum absolute atomic E-state index is 0.388. The van der Waals surface area contributed by atoms with E-state index in [9.17, 15) is 9.90 Å². The average Bonchev–Trinajstić information content (AvgIpc) is 3.00. The molecule has 0 aliphatic rings. The summed E-state index contributed by atoms with van der Waals surface area (Å²) in [5.41, 5.74) is 3.24. The van der Waals surface area contributed by atoms with Crippen molar-refractivity contribution in [1.82, 2.24) is 5.43 Å². The van der Waals surface area contributed by atoms with Gasteiger partial charge in [-0.05, 0) is 51.2 Å². The largest absolute Gasteiger partial charge is 0.493 e. The number of fused-ring (bicyclic) bond motifs is 1. The predicted molar refractivity (Wildman–Crippen MR) is 153 cm³/mol. The van der Waals surface area contributed by atoms with Crippen LogP contribution in [0.15, 0.2) is 126 Å². The molecule has 0 fully saturated rings. The molecular formula is C33H28N2O4. The van der Waals surface area contributed by atoms with Crippen LogP contribution < -0.4 is 14.9 Å². The van der Waals surface area contributed by atoms with E-state index in [0.717, 1.165) is 16.3 Å². The molecule has 0 aliphatic heterocycles. The van der Waals surface area contributed by atoms with E-state index in [1.807, 2.05) is 42.5 Å². The molecule has 0 saturated carbocycles. The van der Waals surface area contributed by atoms with Crippen molar-refractivity contribution in [2.45, 2.75) is 12.2 Å². The van der Waals surface area contributed by atoms with Crippen LogP contribution >= 0.6 is 0 Å². The maximum atomic E-state index is 13.2. The summed E-state index contributed by atoms with van der Waals surface area (Å²) in [7, 11) is 1.57. The number of methoxy groups -OCH3 is 1. The second-order valence-corrected chi connectivity index (χ2v) is 8.98. The van der Waals surface area contributed by atoms with Gasteiger partial charge in [-0.15, -0.1) is 0 Å². The summed E-state index contributed by atoms with van der Waals surface area (Å²) in [5, 5.41) is 17.9. The van der Waals surface area contributed by atoms with Gasteiger partial charge in [0.25, 0.3) is 5.91 Å². The summed E-state index contributed by atoms with van der Waals surface area (Å²) in [6.45, 7) is 0.388. The standard InChI is InChI=1S/C33H28N2O4/c1-38-31-21-24(19-20-30(31)39-23-26-13-10-12-25-11-8-9-18-29(25)26)22-34-35-32(36)33(37,27-14-4-2-5-15-27)28-16-6-3-7-17-28/h2-22,37H,23H2,1H3,(H,35,36)/b34-22-. The van der Waals surface area contributed by atoms with Crippen LogP contribution in [0.3, 0.4) is 0 Å². The van der Waals surface area contributed by atoms with Crippen LogP contribution in [0.5, 0.6) is 11.5 Å². The Bertz CT molecular complexity index is 1560. The Morgan fingerprint density at radius 1 is 0.821 bits per heavy atom. The van der Waals surface area contributed by atoms with Gasteiger partial charge in [0.15, 0.2) is 17.1 Å². The normalized spacial score (nSPS) is 11.4. The summed E-state index contributed by atoms with van der Waals surface area (Å²) < 4.78 is 11.6. The maximum Gasteiger partial charge on any atom is 0.281 e. The van der Waals surface area contributed by atoms with E-state index >= 15 is 0 Å². The first-order valence-electron chi connectivity index (χ1n) is 12.5. The van der Waals surface area contributed by atoms with Crippen molar-refractivity contribution in [3.63, 3.8) is 0 Å². The molecule has 5 aromatic rings. The van der Waals surface area contributed by atoms with E-state index in [1.54, 1.807) is 67.8 Å². The van der Waals surface area contributed by atoms with E-state index in [4.69, 9.17) is 9.47 Å². The quantitative estimate of drug-likeness (QED) is 0.191. The lowest BCUT2D eigenvalue weighted by Crippen LogP contribution is -2.43. The van der Waals surface area contributed by atoms with Gasteiger partial charge >= 0.3 is 0 Å². The van der Waals surface area contributed by atoms with Crippen molar-refractivity contribution in [3.8, 4) is 11.5 Å². The first kappa shape index (κ1) is 25.7. The molecule has 0 bridgehead atoms. The average molecular weight is 517 g/mol. The molecule has 0 heterocycles. The molecule has 6 nitrogen and oxygen atoms in total. The number of aliphatic hydroxyl groups is 1. The van der Waals surface area contributed by atoms with Crippen LogP contribution in [-0.2, 0) is 17.0 Å². The highest BCUT2D eigenvalue weighted by atomic mass is 16.5. The molecule has 0 unspecified atom stereocenters. The SMILES string of the molecule is COc1cc(/C=N\NC(=O)C(O)(c2ccccc2)c2ccccc2)ccc1OCc1cccc2ccccc12. The molecule has 39 heavy (non-hydrogen) atoms. The van der Waals surface area contributed by atoms with Gasteiger partial charge in [-0.1, -0.05) is 103 Å². The number of nitrogens with zero attached hydrogens (tertiary/aromatic N) is 1. The first-order chi connectivity index (χ1) is 19.1. The lowest BCUT2D eigenvalue weighted by atomic mass is 9.85. The summed E-state index contributed by atoms with van der Waals surface area (Å²) >= 11 is 0. The third kappa shape index (κ3) is 5.51. The molecule has 1 amide bonds. The third-order valence-electron chi connectivity index (χ3n) is 6.54. The van der Waals surface area contributed by atoms with Gasteiger partial charge in [0, 0.05) is 0 Å². The molecule has 0 radical (unpaired) electrons. The molecular weight excluding hydrogens is 488 g/mol. The van der Waals surface area contributed by atoms with Crippen LogP contribution in [-0.4, -0.2) is 24.3 Å². The number of hydrogen-bond donors (Lipinski definition) is 2. The Labute approximate surface area is 227 Å². The number of carbonyl (C=O) groups is 1. The van der Waals surface area contributed by atoms with Crippen molar-refractivity contribution in [1.29, 1.82) is 0 Å². The number of carbonyl (C=O) groups excluding carboxylic acids is 1. The zero-order chi connectivity index (χ0) is 27.1. The Hall–Kier alpha value is -4.94. The Kier molecular flexibility index (Phi) is 7.66. The Morgan fingerprint density at radius 3 is 2.15 bits per heavy atom. The number of ether oxygens (including phenoxy) is 2. The van der Waals surface area contributed by atoms with Crippen molar-refractivity contribution < 1.29 is 19.4 Å². The van der Waals surface area contributed by atoms with Gasteiger partial charge in [-0.2, -0.15) is 5.10 Å². The lowest BCUT2D eigenvalue weighted by Gasteiger charge is -2.27. The highest BCUT2D eigenvalue weighted by Crippen LogP contribution is 2.31. The number of nitrogens with one attached hydrogen (secondary N) is 1. The Morgan fingerprint density at radius 2 is 1.46 bits per heavy atom. The molecule has 0 saturated heterocycles. The van der Waals surface area contributed by atoms with E-state index in [-0.39, 0.29) is 0 Å². The Balaban J connectivity index is 1.31. The van der Waals surface area contributed by atoms with E-state index in [0.29, 0.717) is 34.8 Å². The van der Waals surface area contributed by atoms with Gasteiger partial charge in [0.1, 0.15) is 6.61 Å². The molecule has 194 valence electrons. The number of rotatable bonds is 9. The third-order valence-corrected chi connectivity index (χ3v) is 6.54. The number of hydrazone groups is 1. The second kappa shape index (κ2) is 11.6. The highest BCUT2D eigenvalue weighted by molar-refractivity contribution is 5.91. The van der Waals surface area contributed by atoms with E-state index in [2.05, 4.69) is 28.7 Å². The fourth-order valence-electron chi connectivity index (χ4n) is 4.49. The van der Waals surface area contributed by atoms with Crippen LogP contribution in [0.1, 0.15) is 22.3 Å². The first-order valence-corrected chi connectivity index (χ1v) is 12.5. The van der Waals surface area contributed by atoms with Gasteiger partial charge in [0.05, 0.1) is 13.3 Å². The van der Waals surface area contributed by atoms with Gasteiger partial charge in [0.2, 0.25) is 0 Å². The van der Waals surface area contributed by atoms with Crippen molar-refractivity contribution >= 4 is 22.9 Å². The minimum Gasteiger partial charge on any atom is -0.493 e. The number of amides is 1. The van der Waals surface area contributed by atoms with Crippen molar-refractivity contribution in [2.75, 3.05) is 7.11 Å². The summed E-state index contributed by atoms with van der Waals surface area (Å²) in [4.78, 5) is 13.2. The summed E-state index contributed by atoms with van der Waals surface area (Å²) in [5.74, 6) is 0.461. The van der Waals surface area contributed by atoms with Gasteiger partial charge in [-0.3, -0.25) is 4.79 Å². The molecule has 0 aliphatic carbocycles.